The van der Waals surface area contributed by atoms with Crippen molar-refractivity contribution in [1.29, 1.82) is 5.41 Å². The van der Waals surface area contributed by atoms with E-state index in [1.165, 1.54) is 0 Å². The van der Waals surface area contributed by atoms with E-state index in [1.807, 2.05) is 29.7 Å². The van der Waals surface area contributed by atoms with Gasteiger partial charge in [0.25, 0.3) is 5.91 Å². The Morgan fingerprint density at radius 3 is 2.58 bits per heavy atom. The summed E-state index contributed by atoms with van der Waals surface area (Å²) < 4.78 is 1.89. The van der Waals surface area contributed by atoms with Crippen LogP contribution in [-0.4, -0.2) is 57.8 Å². The zero-order chi connectivity index (χ0) is 30.9. The highest BCUT2D eigenvalue weighted by Crippen LogP contribution is 2.32. The number of benzene rings is 2. The summed E-state index contributed by atoms with van der Waals surface area (Å²) in [7, 11) is 0. The summed E-state index contributed by atoms with van der Waals surface area (Å²) in [4.78, 5) is 34.1. The monoisotopic (exact) mass is 624 g/mol. The van der Waals surface area contributed by atoms with Crippen LogP contribution in [0.15, 0.2) is 55.0 Å². The first-order valence-electron chi connectivity index (χ1n) is 13.7. The Morgan fingerprint density at radius 1 is 1.05 bits per heavy atom. The van der Waals surface area contributed by atoms with Gasteiger partial charge in [-0.05, 0) is 61.2 Å². The number of nitrogens with two attached hydrogens (primary N) is 2. The summed E-state index contributed by atoms with van der Waals surface area (Å²) in [6.07, 6.45) is 6.88. The van der Waals surface area contributed by atoms with Gasteiger partial charge in [0.2, 0.25) is 5.91 Å². The number of nitrogens with zero attached hydrogens (tertiary/aromatic N) is 3. The number of imidazole rings is 1. The predicted molar refractivity (Wildman–Crippen MR) is 170 cm³/mol. The van der Waals surface area contributed by atoms with Crippen LogP contribution in [0.5, 0.6) is 0 Å². The molecule has 1 atom stereocenters. The molecule has 4 aromatic rings. The molecule has 4 rings (SSSR count). The van der Waals surface area contributed by atoms with E-state index in [0.29, 0.717) is 52.9 Å². The normalized spacial score (nSPS) is 11.6. The average molecular weight is 626 g/mol. The third-order valence-corrected chi connectivity index (χ3v) is 7.23. The van der Waals surface area contributed by atoms with Gasteiger partial charge in [-0.3, -0.25) is 19.4 Å². The molecule has 12 nitrogen and oxygen atoms in total. The summed E-state index contributed by atoms with van der Waals surface area (Å²) in [6, 6.07) is 10.1. The number of hydrogen-bond donors (Lipinski definition) is 7. The van der Waals surface area contributed by atoms with Crippen LogP contribution in [-0.2, 0) is 11.2 Å². The summed E-state index contributed by atoms with van der Waals surface area (Å²) in [5.41, 5.74) is 15.5. The van der Waals surface area contributed by atoms with Gasteiger partial charge in [0.1, 0.15) is 0 Å². The van der Waals surface area contributed by atoms with Crippen LogP contribution in [0.2, 0.25) is 10.0 Å². The van der Waals surface area contributed by atoms with Crippen molar-refractivity contribution in [3.8, 4) is 11.3 Å². The number of halogens is 2. The number of amides is 2. The highest BCUT2D eigenvalue weighted by molar-refractivity contribution is 6.36. The highest BCUT2D eigenvalue weighted by atomic mass is 35.5. The molecule has 43 heavy (non-hydrogen) atoms. The number of aryl methyl sites for hydroxylation is 1. The first kappa shape index (κ1) is 31.5. The summed E-state index contributed by atoms with van der Waals surface area (Å²) in [6.45, 7) is 2.93. The number of aromatic nitrogens is 3. The van der Waals surface area contributed by atoms with Crippen molar-refractivity contribution < 1.29 is 9.59 Å². The van der Waals surface area contributed by atoms with Crippen molar-refractivity contribution in [3.63, 3.8) is 0 Å². The predicted octanol–water partition coefficient (Wildman–Crippen LogP) is 3.45. The van der Waals surface area contributed by atoms with Gasteiger partial charge in [0, 0.05) is 53.9 Å². The van der Waals surface area contributed by atoms with Crippen molar-refractivity contribution in [1.82, 2.24) is 30.3 Å². The maximum absolute atomic E-state index is 12.9. The molecule has 2 heterocycles. The SMILES string of the molecule is CCc1cc(Nc2nccn3c(-c4ccc(Cl)cc4Cl)cnc23)ccc1C(=O)NCCNC(=O)[C@@H](N)CCCNC(=N)N. The number of carbonyl (C=O) groups excluding carboxylic acids is 2. The van der Waals surface area contributed by atoms with Gasteiger partial charge in [-0.25, -0.2) is 9.97 Å². The summed E-state index contributed by atoms with van der Waals surface area (Å²) in [5.74, 6) is -0.117. The maximum atomic E-state index is 12.9. The molecular weight excluding hydrogens is 591 g/mol. The fraction of sp³-hybridized carbons (Fsp3) is 0.276. The Kier molecular flexibility index (Phi) is 10.8. The molecule has 0 saturated heterocycles. The summed E-state index contributed by atoms with van der Waals surface area (Å²) in [5, 5.41) is 19.8. The topological polar surface area (TPSA) is 188 Å². The van der Waals surface area contributed by atoms with E-state index in [0.717, 1.165) is 22.5 Å². The number of fused-ring (bicyclic) bond motifs is 1. The smallest absolute Gasteiger partial charge is 0.251 e. The molecule has 0 fully saturated rings. The van der Waals surface area contributed by atoms with E-state index in [1.54, 1.807) is 36.7 Å². The second-order valence-electron chi connectivity index (χ2n) is 9.72. The number of nitrogens with one attached hydrogen (secondary N) is 5. The van der Waals surface area contributed by atoms with Crippen LogP contribution < -0.4 is 32.7 Å². The Morgan fingerprint density at radius 2 is 1.84 bits per heavy atom. The van der Waals surface area contributed by atoms with Crippen LogP contribution in [0.25, 0.3) is 16.9 Å². The lowest BCUT2D eigenvalue weighted by molar-refractivity contribution is -0.122. The first-order chi connectivity index (χ1) is 20.7. The molecule has 0 aliphatic heterocycles. The standard InChI is InChI=1S/C29H34Cl2N10O2/c1-2-17-14-19(6-8-20(17)27(42)36-10-11-37-28(43)23(32)4-3-9-38-29(33)34)40-25-26-39-16-24(41(26)13-12-35-25)21-7-5-18(30)15-22(21)31/h5-8,12-16,23H,2-4,9-11,32H2,1H3,(H,35,40)(H,36,42)(H,37,43)(H4,33,34,38)/t23-/m0/s1. The molecule has 226 valence electrons. The quantitative estimate of drug-likeness (QED) is 0.0668. The van der Waals surface area contributed by atoms with Gasteiger partial charge in [0.15, 0.2) is 17.4 Å². The number of rotatable bonds is 13. The third-order valence-electron chi connectivity index (χ3n) is 6.68. The minimum absolute atomic E-state index is 0.120. The maximum Gasteiger partial charge on any atom is 0.251 e. The Hall–Kier alpha value is -4.39. The largest absolute Gasteiger partial charge is 0.370 e. The van der Waals surface area contributed by atoms with Crippen molar-refractivity contribution in [3.05, 3.63) is 76.2 Å². The highest BCUT2D eigenvalue weighted by Gasteiger charge is 2.16. The van der Waals surface area contributed by atoms with Gasteiger partial charge < -0.3 is 32.7 Å². The number of anilines is 2. The molecule has 2 amide bonds. The summed E-state index contributed by atoms with van der Waals surface area (Å²) >= 11 is 12.5. The second kappa shape index (κ2) is 14.7. The molecule has 0 radical (unpaired) electrons. The Balaban J connectivity index is 1.35. The van der Waals surface area contributed by atoms with Crippen molar-refractivity contribution in [2.24, 2.45) is 11.5 Å². The zero-order valence-corrected chi connectivity index (χ0v) is 25.1. The number of carbonyl (C=O) groups is 2. The first-order valence-corrected chi connectivity index (χ1v) is 14.5. The van der Waals surface area contributed by atoms with Crippen molar-refractivity contribution in [2.75, 3.05) is 25.0 Å². The van der Waals surface area contributed by atoms with Gasteiger partial charge in [-0.15, -0.1) is 0 Å². The fourth-order valence-electron chi connectivity index (χ4n) is 4.49. The van der Waals surface area contributed by atoms with Gasteiger partial charge in [-0.2, -0.15) is 0 Å². The molecule has 14 heteroatoms. The fourth-order valence-corrected chi connectivity index (χ4v) is 5.00. The number of hydrogen-bond acceptors (Lipinski definition) is 7. The Labute approximate surface area is 259 Å². The molecule has 0 aliphatic rings. The molecular formula is C29H34Cl2N10O2. The minimum Gasteiger partial charge on any atom is -0.370 e. The molecule has 0 spiro atoms. The lowest BCUT2D eigenvalue weighted by Crippen LogP contribution is -2.44. The van der Waals surface area contributed by atoms with E-state index >= 15 is 0 Å². The van der Waals surface area contributed by atoms with Crippen LogP contribution in [0.1, 0.15) is 35.7 Å². The molecule has 9 N–H and O–H groups in total. The van der Waals surface area contributed by atoms with Gasteiger partial charge in [0.05, 0.1) is 23.0 Å². The molecule has 0 saturated carbocycles. The van der Waals surface area contributed by atoms with E-state index in [9.17, 15) is 9.59 Å². The van der Waals surface area contributed by atoms with E-state index in [-0.39, 0.29) is 30.9 Å². The van der Waals surface area contributed by atoms with Crippen molar-refractivity contribution >= 4 is 58.1 Å². The minimum atomic E-state index is -0.680. The van der Waals surface area contributed by atoms with Crippen molar-refractivity contribution in [2.45, 2.75) is 32.2 Å². The van der Waals surface area contributed by atoms with E-state index in [4.69, 9.17) is 40.1 Å². The number of guanidine groups is 1. The molecule has 2 aromatic heterocycles. The second-order valence-corrected chi connectivity index (χ2v) is 10.6. The zero-order valence-electron chi connectivity index (χ0n) is 23.6. The lowest BCUT2D eigenvalue weighted by Gasteiger charge is -2.14. The van der Waals surface area contributed by atoms with Gasteiger partial charge in [-0.1, -0.05) is 30.1 Å². The van der Waals surface area contributed by atoms with Crippen LogP contribution in [0, 0.1) is 5.41 Å². The lowest BCUT2D eigenvalue weighted by atomic mass is 10.0. The molecule has 0 aliphatic carbocycles. The Bertz CT molecular complexity index is 1620. The molecule has 0 bridgehead atoms. The third kappa shape index (κ3) is 8.13. The van der Waals surface area contributed by atoms with E-state index < -0.39 is 6.04 Å². The van der Waals surface area contributed by atoms with Crippen LogP contribution in [0.3, 0.4) is 0 Å². The average Bonchev–Trinajstić information content (AvgIpc) is 3.42. The van der Waals surface area contributed by atoms with Crippen LogP contribution in [0.4, 0.5) is 11.5 Å². The molecule has 0 unspecified atom stereocenters. The molecule has 2 aromatic carbocycles. The van der Waals surface area contributed by atoms with E-state index in [2.05, 4.69) is 31.2 Å². The van der Waals surface area contributed by atoms with Gasteiger partial charge >= 0.3 is 0 Å². The van der Waals surface area contributed by atoms with Crippen LogP contribution >= 0.6 is 23.2 Å².